The molecule has 3 aromatic heterocycles. The van der Waals surface area contributed by atoms with Crippen LogP contribution in [0.2, 0.25) is 4.34 Å². The summed E-state index contributed by atoms with van der Waals surface area (Å²) in [5, 5.41) is 7.35. The van der Waals surface area contributed by atoms with Crippen LogP contribution >= 0.6 is 22.9 Å². The molecule has 0 radical (unpaired) electrons. The molecule has 4 aromatic rings. The third-order valence-corrected chi connectivity index (χ3v) is 7.83. The first-order chi connectivity index (χ1) is 18.3. The summed E-state index contributed by atoms with van der Waals surface area (Å²) in [4.78, 5) is 33.3. The number of hydrogen-bond donors (Lipinski definition) is 1. The number of para-hydroxylation sites is 1. The van der Waals surface area contributed by atoms with Crippen molar-refractivity contribution in [3.8, 4) is 16.4 Å². The molecule has 12 heteroatoms. The number of nitrogens with one attached hydrogen (secondary N) is 1. The van der Waals surface area contributed by atoms with Gasteiger partial charge in [0.05, 0.1) is 28.4 Å². The molecule has 0 atom stereocenters. The Hall–Kier alpha value is -3.41. The fourth-order valence-corrected chi connectivity index (χ4v) is 5.61. The zero-order valence-electron chi connectivity index (χ0n) is 21.3. The van der Waals surface area contributed by atoms with Crippen molar-refractivity contribution >= 4 is 46.0 Å². The summed E-state index contributed by atoms with van der Waals surface area (Å²) in [5.41, 5.74) is 1.54. The first kappa shape index (κ1) is 26.2. The summed E-state index contributed by atoms with van der Waals surface area (Å²) in [6.07, 6.45) is 0.847. The molecule has 0 spiro atoms. The maximum Gasteiger partial charge on any atom is 0.513 e. The van der Waals surface area contributed by atoms with Crippen LogP contribution in [0.4, 0.5) is 4.79 Å². The topological polar surface area (TPSA) is 112 Å². The normalized spacial score (nSPS) is 14.8. The van der Waals surface area contributed by atoms with Gasteiger partial charge in [-0.1, -0.05) is 22.8 Å². The molecule has 1 fully saturated rings. The molecule has 38 heavy (non-hydrogen) atoms. The lowest BCUT2D eigenvalue weighted by molar-refractivity contribution is 0.0887. The zero-order valence-corrected chi connectivity index (χ0v) is 22.8. The van der Waals surface area contributed by atoms with E-state index in [0.717, 1.165) is 30.8 Å². The van der Waals surface area contributed by atoms with Gasteiger partial charge in [-0.2, -0.15) is 0 Å². The van der Waals surface area contributed by atoms with Gasteiger partial charge in [0, 0.05) is 31.2 Å². The number of benzene rings is 1. The minimum atomic E-state index is -0.869. The molecule has 0 bridgehead atoms. The van der Waals surface area contributed by atoms with Crippen molar-refractivity contribution in [2.45, 2.75) is 45.3 Å². The number of likely N-dealkylation sites (tertiary alicyclic amines) is 1. The summed E-state index contributed by atoms with van der Waals surface area (Å²) in [6.45, 7) is 6.36. The lowest BCUT2D eigenvalue weighted by Gasteiger charge is -2.34. The molecule has 1 amide bonds. The lowest BCUT2D eigenvalue weighted by atomic mass is 10.0. The summed E-state index contributed by atoms with van der Waals surface area (Å²) in [5.74, 6) is 0.674. The summed E-state index contributed by atoms with van der Waals surface area (Å²) < 4.78 is 18.0. The largest absolute Gasteiger partial charge is 0.513 e. The maximum absolute atomic E-state index is 13.5. The average molecular weight is 558 g/mol. The van der Waals surface area contributed by atoms with Crippen LogP contribution in [-0.4, -0.2) is 64.0 Å². The Labute approximate surface area is 228 Å². The van der Waals surface area contributed by atoms with E-state index >= 15 is 0 Å². The minimum absolute atomic E-state index is 0.0405. The molecule has 200 valence electrons. The maximum atomic E-state index is 13.5. The van der Waals surface area contributed by atoms with Gasteiger partial charge in [-0.25, -0.2) is 9.78 Å². The van der Waals surface area contributed by atoms with Gasteiger partial charge in [0.2, 0.25) is 5.82 Å². The molecular weight excluding hydrogens is 530 g/mol. The quantitative estimate of drug-likeness (QED) is 0.244. The highest BCUT2D eigenvalue weighted by atomic mass is 35.5. The molecular formula is C26H28ClN5O5S. The Morgan fingerprint density at radius 3 is 2.71 bits per heavy atom. The van der Waals surface area contributed by atoms with E-state index in [1.54, 1.807) is 34.9 Å². The predicted molar refractivity (Wildman–Crippen MR) is 144 cm³/mol. The molecule has 0 unspecified atom stereocenters. The average Bonchev–Trinajstić information content (AvgIpc) is 3.64. The van der Waals surface area contributed by atoms with E-state index in [1.165, 1.54) is 18.4 Å². The van der Waals surface area contributed by atoms with Crippen LogP contribution in [0.5, 0.6) is 5.75 Å². The van der Waals surface area contributed by atoms with Crippen LogP contribution in [0.25, 0.3) is 21.7 Å². The number of piperidine rings is 1. The number of fused-ring (bicyclic) bond motifs is 1. The monoisotopic (exact) mass is 557 g/mol. The van der Waals surface area contributed by atoms with Crippen LogP contribution in [0.3, 0.4) is 0 Å². The molecule has 1 saturated heterocycles. The zero-order chi connectivity index (χ0) is 26.8. The van der Waals surface area contributed by atoms with Crippen molar-refractivity contribution in [2.75, 3.05) is 20.2 Å². The molecule has 10 nitrogen and oxygen atoms in total. The molecule has 0 saturated carbocycles. The van der Waals surface area contributed by atoms with E-state index in [9.17, 15) is 9.59 Å². The number of ether oxygens (including phenoxy) is 2. The van der Waals surface area contributed by atoms with E-state index < -0.39 is 6.16 Å². The van der Waals surface area contributed by atoms with Gasteiger partial charge in [-0.05, 0) is 51.0 Å². The van der Waals surface area contributed by atoms with Crippen LogP contribution < -0.4 is 10.1 Å². The van der Waals surface area contributed by atoms with Crippen molar-refractivity contribution in [2.24, 2.45) is 0 Å². The summed E-state index contributed by atoms with van der Waals surface area (Å²) in [7, 11) is 1.23. The van der Waals surface area contributed by atoms with Gasteiger partial charge < -0.3 is 28.8 Å². The minimum Gasteiger partial charge on any atom is -0.437 e. The third kappa shape index (κ3) is 5.54. The van der Waals surface area contributed by atoms with Crippen LogP contribution in [-0.2, 0) is 11.3 Å². The first-order valence-corrected chi connectivity index (χ1v) is 13.5. The number of nitrogens with zero attached hydrogens (tertiary/aromatic N) is 4. The second-order valence-corrected chi connectivity index (χ2v) is 11.1. The highest BCUT2D eigenvalue weighted by molar-refractivity contribution is 7.19. The highest BCUT2D eigenvalue weighted by Gasteiger charge is 2.27. The van der Waals surface area contributed by atoms with Crippen molar-refractivity contribution in [3.05, 3.63) is 52.3 Å². The van der Waals surface area contributed by atoms with E-state index in [2.05, 4.69) is 38.9 Å². The van der Waals surface area contributed by atoms with Gasteiger partial charge >= 0.3 is 6.16 Å². The summed E-state index contributed by atoms with van der Waals surface area (Å²) >= 11 is 7.45. The van der Waals surface area contributed by atoms with Gasteiger partial charge in [-0.3, -0.25) is 4.79 Å². The van der Waals surface area contributed by atoms with Gasteiger partial charge in [0.1, 0.15) is 11.2 Å². The van der Waals surface area contributed by atoms with Gasteiger partial charge in [-0.15, -0.1) is 11.3 Å². The standard InChI is InChI=1S/C26H28ClN5O5S/c1-15(2)31-11-9-16(10-12-31)28-25(33)24-29-18-5-4-6-19(36-26(34)35-3)23(18)32(24)14-17-13-20(37-30-17)21-7-8-22(27)38-21/h4-8,13,15-16H,9-12,14H2,1-3H3,(H,28,33). The fraction of sp³-hybridized carbons (Fsp3) is 0.385. The Kier molecular flexibility index (Phi) is 7.68. The number of thiophene rings is 1. The van der Waals surface area contributed by atoms with Crippen molar-refractivity contribution in [3.63, 3.8) is 0 Å². The van der Waals surface area contributed by atoms with E-state index in [1.807, 2.05) is 6.07 Å². The molecule has 1 aliphatic heterocycles. The van der Waals surface area contributed by atoms with Crippen molar-refractivity contribution < 1.29 is 23.6 Å². The summed E-state index contributed by atoms with van der Waals surface area (Å²) in [6, 6.07) is 11.0. The van der Waals surface area contributed by atoms with E-state index in [4.69, 9.17) is 20.9 Å². The lowest BCUT2D eigenvalue weighted by Crippen LogP contribution is -2.47. The van der Waals surface area contributed by atoms with Crippen molar-refractivity contribution in [1.29, 1.82) is 0 Å². The number of aromatic nitrogens is 3. The Bertz CT molecular complexity index is 1450. The molecule has 5 rings (SSSR count). The fourth-order valence-electron chi connectivity index (χ4n) is 4.62. The molecule has 0 aliphatic carbocycles. The number of carbonyl (C=O) groups excluding carboxylic acids is 2. The number of imidazole rings is 1. The van der Waals surface area contributed by atoms with Crippen LogP contribution in [0.15, 0.2) is 40.9 Å². The predicted octanol–water partition coefficient (Wildman–Crippen LogP) is 5.20. The highest BCUT2D eigenvalue weighted by Crippen LogP contribution is 2.33. The van der Waals surface area contributed by atoms with E-state index in [-0.39, 0.29) is 30.1 Å². The molecule has 1 aromatic carbocycles. The first-order valence-electron chi connectivity index (χ1n) is 12.3. The van der Waals surface area contributed by atoms with Gasteiger partial charge in [0.15, 0.2) is 11.5 Å². The van der Waals surface area contributed by atoms with Crippen molar-refractivity contribution in [1.82, 2.24) is 24.9 Å². The SMILES string of the molecule is COC(=O)Oc1cccc2nc(C(=O)NC3CCN(C(C)C)CC3)n(Cc3cc(-c4ccc(Cl)s4)on3)c12. The number of halogens is 1. The Morgan fingerprint density at radius 1 is 1.24 bits per heavy atom. The number of methoxy groups -OCH3 is 1. The molecule has 1 N–H and O–H groups in total. The molecule has 4 heterocycles. The smallest absolute Gasteiger partial charge is 0.437 e. The van der Waals surface area contributed by atoms with Crippen LogP contribution in [0, 0.1) is 0 Å². The van der Waals surface area contributed by atoms with E-state index in [0.29, 0.717) is 32.9 Å². The Balaban J connectivity index is 1.47. The number of carbonyl (C=O) groups is 2. The third-order valence-electron chi connectivity index (χ3n) is 6.58. The van der Waals surface area contributed by atoms with Gasteiger partial charge in [0.25, 0.3) is 5.91 Å². The second-order valence-electron chi connectivity index (χ2n) is 9.37. The number of rotatable bonds is 7. The Morgan fingerprint density at radius 2 is 2.03 bits per heavy atom. The molecule has 1 aliphatic rings. The second kappa shape index (κ2) is 11.1. The number of hydrogen-bond acceptors (Lipinski definition) is 9. The number of amides is 1. The van der Waals surface area contributed by atoms with Crippen LogP contribution in [0.1, 0.15) is 43.0 Å².